The Morgan fingerprint density at radius 1 is 1.14 bits per heavy atom. The van der Waals surface area contributed by atoms with Gasteiger partial charge in [-0.25, -0.2) is 13.6 Å². The predicted molar refractivity (Wildman–Crippen MR) is 99.3 cm³/mol. The number of benzene rings is 2. The molecule has 0 saturated carbocycles. The molecule has 0 aliphatic carbocycles. The highest BCUT2D eigenvalue weighted by Gasteiger charge is 2.57. The van der Waals surface area contributed by atoms with Crippen LogP contribution in [0.25, 0.3) is 0 Å². The molecule has 1 atom stereocenters. The predicted octanol–water partition coefficient (Wildman–Crippen LogP) is 3.20. The second-order valence-corrected chi connectivity index (χ2v) is 6.92. The number of anilines is 1. The van der Waals surface area contributed by atoms with Crippen LogP contribution in [0.4, 0.5) is 14.5 Å². The molecular weight excluding hydrogens is 456 g/mol. The first-order chi connectivity index (χ1) is 13.7. The first-order valence-electron chi connectivity index (χ1n) is 8.17. The molecule has 2 aromatic carbocycles. The van der Waals surface area contributed by atoms with Crippen molar-refractivity contribution in [3.8, 4) is 5.75 Å². The second kappa shape index (κ2) is 7.78. The van der Waals surface area contributed by atoms with Gasteiger partial charge in [-0.05, 0) is 30.3 Å². The highest BCUT2D eigenvalue weighted by atomic mass is 79.9. The Morgan fingerprint density at radius 3 is 2.48 bits per heavy atom. The number of methoxy groups -OCH3 is 2. The molecule has 1 amide bonds. The van der Waals surface area contributed by atoms with Gasteiger partial charge in [0.05, 0.1) is 25.5 Å². The number of rotatable bonds is 4. The van der Waals surface area contributed by atoms with Crippen LogP contribution in [0.1, 0.15) is 16.8 Å². The molecule has 0 N–H and O–H groups in total. The van der Waals surface area contributed by atoms with Crippen LogP contribution in [0.3, 0.4) is 0 Å². The summed E-state index contributed by atoms with van der Waals surface area (Å²) in [4.78, 5) is 38.8. The van der Waals surface area contributed by atoms with Gasteiger partial charge in [0.25, 0.3) is 11.6 Å². The van der Waals surface area contributed by atoms with Crippen molar-refractivity contribution in [2.24, 2.45) is 0 Å². The van der Waals surface area contributed by atoms with E-state index in [-0.39, 0.29) is 11.3 Å². The molecule has 1 heterocycles. The molecule has 1 aliphatic rings. The van der Waals surface area contributed by atoms with Gasteiger partial charge in [0, 0.05) is 10.5 Å². The first-order valence-corrected chi connectivity index (χ1v) is 8.96. The van der Waals surface area contributed by atoms with E-state index in [1.165, 1.54) is 12.1 Å². The highest BCUT2D eigenvalue weighted by molar-refractivity contribution is 9.10. The highest BCUT2D eigenvalue weighted by Crippen LogP contribution is 2.41. The molecule has 152 valence electrons. The number of hydrogen-bond donors (Lipinski definition) is 0. The van der Waals surface area contributed by atoms with Gasteiger partial charge in [0.15, 0.2) is 0 Å². The zero-order valence-corrected chi connectivity index (χ0v) is 16.8. The minimum absolute atomic E-state index is 0.00695. The maximum absolute atomic E-state index is 14.6. The molecule has 10 heteroatoms. The van der Waals surface area contributed by atoms with Crippen molar-refractivity contribution in [1.29, 1.82) is 0 Å². The summed E-state index contributed by atoms with van der Waals surface area (Å²) in [6, 6.07) is 6.78. The largest absolute Gasteiger partial charge is 0.469 e. The van der Waals surface area contributed by atoms with Crippen LogP contribution in [0, 0.1) is 11.6 Å². The van der Waals surface area contributed by atoms with E-state index in [0.717, 1.165) is 26.4 Å². The molecule has 29 heavy (non-hydrogen) atoms. The van der Waals surface area contributed by atoms with Gasteiger partial charge in [-0.15, -0.1) is 0 Å². The number of carbonyl (C=O) groups is 3. The van der Waals surface area contributed by atoms with Crippen LogP contribution < -0.4 is 9.64 Å². The van der Waals surface area contributed by atoms with E-state index in [2.05, 4.69) is 20.7 Å². The molecule has 7 nitrogen and oxygen atoms in total. The Balaban J connectivity index is 2.31. The number of halogens is 3. The lowest BCUT2D eigenvalue weighted by Gasteiger charge is -2.44. The molecule has 1 aliphatic heterocycles. The van der Waals surface area contributed by atoms with Crippen molar-refractivity contribution in [2.75, 3.05) is 19.1 Å². The van der Waals surface area contributed by atoms with Crippen molar-refractivity contribution in [2.45, 2.75) is 12.1 Å². The van der Waals surface area contributed by atoms with Crippen LogP contribution >= 0.6 is 15.9 Å². The summed E-state index contributed by atoms with van der Waals surface area (Å²) in [6.45, 7) is 0. The monoisotopic (exact) mass is 469 g/mol. The number of amides is 1. The number of hydrogen-bond acceptors (Lipinski definition) is 6. The Morgan fingerprint density at radius 2 is 1.86 bits per heavy atom. The molecule has 3 rings (SSSR count). The third-order valence-electron chi connectivity index (χ3n) is 4.28. The van der Waals surface area contributed by atoms with Gasteiger partial charge >= 0.3 is 11.9 Å². The fourth-order valence-electron chi connectivity index (χ4n) is 2.98. The van der Waals surface area contributed by atoms with Crippen LogP contribution in [-0.4, -0.2) is 37.8 Å². The Labute approximate surface area is 172 Å². The lowest BCUT2D eigenvalue weighted by atomic mass is 9.99. The summed E-state index contributed by atoms with van der Waals surface area (Å²) in [6.07, 6.45) is -0.797. The lowest BCUT2D eigenvalue weighted by molar-refractivity contribution is -0.166. The molecule has 0 spiro atoms. The van der Waals surface area contributed by atoms with Crippen LogP contribution in [0.2, 0.25) is 0 Å². The third-order valence-corrected chi connectivity index (χ3v) is 4.77. The van der Waals surface area contributed by atoms with E-state index in [9.17, 15) is 23.2 Å². The van der Waals surface area contributed by atoms with Gasteiger partial charge in [-0.1, -0.05) is 15.9 Å². The third kappa shape index (κ3) is 3.55. The normalized spacial score (nSPS) is 18.0. The molecule has 0 saturated heterocycles. The van der Waals surface area contributed by atoms with E-state index < -0.39 is 47.3 Å². The average molecular weight is 470 g/mol. The maximum atomic E-state index is 14.6. The number of esters is 2. The van der Waals surface area contributed by atoms with Gasteiger partial charge in [-0.2, -0.15) is 0 Å². The van der Waals surface area contributed by atoms with Crippen LogP contribution in [0.5, 0.6) is 5.75 Å². The minimum atomic E-state index is -2.40. The summed E-state index contributed by atoms with van der Waals surface area (Å²) < 4.78 is 43.7. The van der Waals surface area contributed by atoms with Crippen molar-refractivity contribution in [3.63, 3.8) is 0 Å². The topological polar surface area (TPSA) is 82.1 Å². The number of carbonyl (C=O) groups excluding carboxylic acids is 3. The average Bonchev–Trinajstić information content (AvgIpc) is 2.69. The summed E-state index contributed by atoms with van der Waals surface area (Å²) in [5.74, 6) is -4.97. The van der Waals surface area contributed by atoms with Gasteiger partial charge in [0.2, 0.25) is 0 Å². The van der Waals surface area contributed by atoms with Crippen LogP contribution in [-0.2, 0) is 19.1 Å². The second-order valence-electron chi connectivity index (χ2n) is 6.01. The molecule has 0 aromatic heterocycles. The van der Waals surface area contributed by atoms with Crippen molar-refractivity contribution in [3.05, 3.63) is 58.1 Å². The molecule has 2 aromatic rings. The van der Waals surface area contributed by atoms with E-state index in [1.54, 1.807) is 6.07 Å². The Kier molecular flexibility index (Phi) is 5.56. The van der Waals surface area contributed by atoms with E-state index in [0.29, 0.717) is 15.4 Å². The molecule has 0 radical (unpaired) electrons. The van der Waals surface area contributed by atoms with Crippen molar-refractivity contribution in [1.82, 2.24) is 0 Å². The van der Waals surface area contributed by atoms with Gasteiger partial charge in [0.1, 0.15) is 23.8 Å². The number of fused-ring (bicyclic) bond motifs is 1. The fourth-order valence-corrected chi connectivity index (χ4v) is 3.35. The van der Waals surface area contributed by atoms with E-state index >= 15 is 0 Å². The zero-order chi connectivity index (χ0) is 21.3. The van der Waals surface area contributed by atoms with Crippen LogP contribution in [0.15, 0.2) is 40.9 Å². The first kappa shape index (κ1) is 20.7. The number of nitrogens with zero attached hydrogens (tertiary/aromatic N) is 1. The molecule has 0 bridgehead atoms. The lowest BCUT2D eigenvalue weighted by Crippen LogP contribution is -2.65. The molecule has 0 fully saturated rings. The van der Waals surface area contributed by atoms with E-state index in [4.69, 9.17) is 9.47 Å². The van der Waals surface area contributed by atoms with Gasteiger partial charge < -0.3 is 14.2 Å². The maximum Gasteiger partial charge on any atom is 0.373 e. The quantitative estimate of drug-likeness (QED) is 0.639. The smallest absolute Gasteiger partial charge is 0.373 e. The number of ether oxygens (including phenoxy) is 3. The Hall–Kier alpha value is -3.01. The summed E-state index contributed by atoms with van der Waals surface area (Å²) in [5, 5.41) is 0. The molecular formula is C19H14BrF2NO6. The molecule has 0 unspecified atom stereocenters. The standard InChI is InChI=1S/C19H14BrF2NO6/c1-27-16(24)9-19(18(26)28-2)23(14-5-4-11(21)8-13(14)22)17(25)12-7-10(20)3-6-15(12)29-19/h3-8H,9H2,1-2H3/t19-/m0/s1. The Bertz CT molecular complexity index is 1010. The van der Waals surface area contributed by atoms with Gasteiger partial charge in [-0.3, -0.25) is 14.5 Å². The zero-order valence-electron chi connectivity index (χ0n) is 15.2. The summed E-state index contributed by atoms with van der Waals surface area (Å²) in [5.41, 5.74) is -2.89. The summed E-state index contributed by atoms with van der Waals surface area (Å²) >= 11 is 3.23. The fraction of sp³-hybridized carbons (Fsp3) is 0.211. The summed E-state index contributed by atoms with van der Waals surface area (Å²) in [7, 11) is 2.09. The van der Waals surface area contributed by atoms with E-state index in [1.807, 2.05) is 0 Å². The SMILES string of the molecule is COC(=O)C[C@@]1(C(=O)OC)Oc2ccc(Br)cc2C(=O)N1c1ccc(F)cc1F. The minimum Gasteiger partial charge on any atom is -0.469 e. The van der Waals surface area contributed by atoms with Crippen molar-refractivity contribution >= 4 is 39.5 Å². The van der Waals surface area contributed by atoms with Crippen molar-refractivity contribution < 1.29 is 37.4 Å².